The summed E-state index contributed by atoms with van der Waals surface area (Å²) < 4.78 is 0. The van der Waals surface area contributed by atoms with Gasteiger partial charge in [-0.25, -0.2) is 0 Å². The minimum Gasteiger partial charge on any atom is -0.481 e. The van der Waals surface area contributed by atoms with Crippen LogP contribution in [-0.2, 0) is 14.4 Å². The first-order chi connectivity index (χ1) is 12.4. The predicted octanol–water partition coefficient (Wildman–Crippen LogP) is 1.88. The summed E-state index contributed by atoms with van der Waals surface area (Å²) in [6.45, 7) is 2.88. The number of benzene rings is 1. The molecule has 26 heavy (non-hydrogen) atoms. The van der Waals surface area contributed by atoms with Gasteiger partial charge in [0, 0.05) is 26.1 Å². The number of hydrogen-bond donors (Lipinski definition) is 1. The number of carboxylic acid groups (broad SMARTS) is 1. The van der Waals surface area contributed by atoms with E-state index in [0.717, 1.165) is 6.42 Å². The Morgan fingerprint density at radius 3 is 2.69 bits per heavy atom. The molecule has 2 aliphatic rings. The number of likely N-dealkylation sites (tertiary alicyclic amines) is 1. The van der Waals surface area contributed by atoms with Crippen molar-refractivity contribution in [3.63, 3.8) is 0 Å². The number of piperidine rings is 1. The van der Waals surface area contributed by atoms with E-state index in [1.807, 2.05) is 12.1 Å². The van der Waals surface area contributed by atoms with Gasteiger partial charge in [-0.1, -0.05) is 24.3 Å². The third-order valence-electron chi connectivity index (χ3n) is 5.57. The lowest BCUT2D eigenvalue weighted by Gasteiger charge is -2.32. The van der Waals surface area contributed by atoms with E-state index in [9.17, 15) is 14.4 Å². The number of amides is 2. The zero-order valence-corrected chi connectivity index (χ0v) is 15.4. The van der Waals surface area contributed by atoms with Crippen LogP contribution in [0, 0.1) is 18.8 Å². The SMILES string of the molecule is Cc1ccccc1C1CC1C(=O)N(C)CC(=O)N1CCCC(C(=O)O)C1. The first-order valence-corrected chi connectivity index (χ1v) is 9.19. The number of carbonyl (C=O) groups is 3. The Labute approximate surface area is 153 Å². The predicted molar refractivity (Wildman–Crippen MR) is 96.6 cm³/mol. The Hall–Kier alpha value is -2.37. The van der Waals surface area contributed by atoms with Crippen LogP contribution < -0.4 is 0 Å². The molecular weight excluding hydrogens is 332 g/mol. The van der Waals surface area contributed by atoms with Gasteiger partial charge in [0.1, 0.15) is 0 Å². The van der Waals surface area contributed by atoms with Crippen LogP contribution in [-0.4, -0.2) is 59.4 Å². The average molecular weight is 358 g/mol. The molecule has 1 N–H and O–H groups in total. The fourth-order valence-corrected chi connectivity index (χ4v) is 3.88. The molecule has 0 aromatic heterocycles. The van der Waals surface area contributed by atoms with E-state index >= 15 is 0 Å². The topological polar surface area (TPSA) is 77.9 Å². The minimum absolute atomic E-state index is 0.00148. The first-order valence-electron chi connectivity index (χ1n) is 9.19. The van der Waals surface area contributed by atoms with Crippen LogP contribution in [0.2, 0.25) is 0 Å². The van der Waals surface area contributed by atoms with E-state index in [0.29, 0.717) is 19.4 Å². The number of aryl methyl sites for hydroxylation is 1. The van der Waals surface area contributed by atoms with Crippen molar-refractivity contribution in [1.29, 1.82) is 0 Å². The van der Waals surface area contributed by atoms with Crippen LogP contribution in [0.25, 0.3) is 0 Å². The summed E-state index contributed by atoms with van der Waals surface area (Å²) in [4.78, 5) is 39.3. The van der Waals surface area contributed by atoms with Crippen molar-refractivity contribution in [1.82, 2.24) is 9.80 Å². The maximum atomic E-state index is 12.7. The minimum atomic E-state index is -0.856. The second kappa shape index (κ2) is 7.48. The second-order valence-corrected chi connectivity index (χ2v) is 7.52. The van der Waals surface area contributed by atoms with Gasteiger partial charge in [0.05, 0.1) is 12.5 Å². The summed E-state index contributed by atoms with van der Waals surface area (Å²) >= 11 is 0. The molecule has 3 unspecified atom stereocenters. The highest BCUT2D eigenvalue weighted by atomic mass is 16.4. The molecule has 2 amide bonds. The fraction of sp³-hybridized carbons (Fsp3) is 0.550. The van der Waals surface area contributed by atoms with Crippen LogP contribution >= 0.6 is 0 Å². The van der Waals surface area contributed by atoms with Crippen molar-refractivity contribution in [3.8, 4) is 0 Å². The van der Waals surface area contributed by atoms with Crippen molar-refractivity contribution >= 4 is 17.8 Å². The number of carboxylic acids is 1. The van der Waals surface area contributed by atoms with Gasteiger partial charge in [0.25, 0.3) is 0 Å². The summed E-state index contributed by atoms with van der Waals surface area (Å²) in [7, 11) is 1.66. The maximum absolute atomic E-state index is 12.7. The number of carbonyl (C=O) groups excluding carboxylic acids is 2. The van der Waals surface area contributed by atoms with Crippen LogP contribution in [0.5, 0.6) is 0 Å². The highest BCUT2D eigenvalue weighted by Crippen LogP contribution is 2.49. The van der Waals surface area contributed by atoms with Crippen molar-refractivity contribution < 1.29 is 19.5 Å². The molecule has 1 heterocycles. The van der Waals surface area contributed by atoms with Crippen molar-refractivity contribution in [3.05, 3.63) is 35.4 Å². The van der Waals surface area contributed by atoms with Gasteiger partial charge in [-0.3, -0.25) is 14.4 Å². The third-order valence-corrected chi connectivity index (χ3v) is 5.57. The van der Waals surface area contributed by atoms with Crippen LogP contribution in [0.3, 0.4) is 0 Å². The molecular formula is C20H26N2O4. The maximum Gasteiger partial charge on any atom is 0.308 e. The van der Waals surface area contributed by atoms with Crippen LogP contribution in [0.15, 0.2) is 24.3 Å². The number of rotatable bonds is 5. The van der Waals surface area contributed by atoms with E-state index in [-0.39, 0.29) is 36.7 Å². The lowest BCUT2D eigenvalue weighted by atomic mass is 9.98. The van der Waals surface area contributed by atoms with Crippen molar-refractivity contribution in [2.75, 3.05) is 26.7 Å². The normalized spacial score (nSPS) is 24.8. The van der Waals surface area contributed by atoms with Gasteiger partial charge in [0.2, 0.25) is 11.8 Å². The molecule has 0 spiro atoms. The van der Waals surface area contributed by atoms with Crippen LogP contribution in [0.4, 0.5) is 0 Å². The van der Waals surface area contributed by atoms with Crippen molar-refractivity contribution in [2.24, 2.45) is 11.8 Å². The van der Waals surface area contributed by atoms with Gasteiger partial charge in [-0.2, -0.15) is 0 Å². The van der Waals surface area contributed by atoms with E-state index in [2.05, 4.69) is 19.1 Å². The molecule has 1 saturated carbocycles. The highest BCUT2D eigenvalue weighted by Gasteiger charge is 2.46. The van der Waals surface area contributed by atoms with E-state index < -0.39 is 11.9 Å². The molecule has 3 atom stereocenters. The Morgan fingerprint density at radius 1 is 1.27 bits per heavy atom. The van der Waals surface area contributed by atoms with Gasteiger partial charge < -0.3 is 14.9 Å². The van der Waals surface area contributed by atoms with E-state index in [1.165, 1.54) is 16.0 Å². The molecule has 1 aliphatic carbocycles. The van der Waals surface area contributed by atoms with E-state index in [1.54, 1.807) is 11.9 Å². The first kappa shape index (κ1) is 18.4. The van der Waals surface area contributed by atoms with Crippen LogP contribution in [0.1, 0.15) is 36.3 Å². The van der Waals surface area contributed by atoms with Gasteiger partial charge in [-0.15, -0.1) is 0 Å². The fourth-order valence-electron chi connectivity index (χ4n) is 3.88. The molecule has 140 valence electrons. The Balaban J connectivity index is 1.54. The summed E-state index contributed by atoms with van der Waals surface area (Å²) in [5.41, 5.74) is 2.41. The Kier molecular flexibility index (Phi) is 5.30. The summed E-state index contributed by atoms with van der Waals surface area (Å²) in [6, 6.07) is 8.10. The lowest BCUT2D eigenvalue weighted by Crippen LogP contribution is -2.47. The number of aliphatic carboxylic acids is 1. The molecule has 2 fully saturated rings. The summed E-state index contributed by atoms with van der Waals surface area (Å²) in [5, 5.41) is 9.15. The average Bonchev–Trinajstić information content (AvgIpc) is 3.42. The van der Waals surface area contributed by atoms with Gasteiger partial charge in [0.15, 0.2) is 0 Å². The van der Waals surface area contributed by atoms with Crippen molar-refractivity contribution in [2.45, 2.75) is 32.1 Å². The smallest absolute Gasteiger partial charge is 0.308 e. The Bertz CT molecular complexity index is 718. The molecule has 6 nitrogen and oxygen atoms in total. The second-order valence-electron chi connectivity index (χ2n) is 7.52. The zero-order valence-electron chi connectivity index (χ0n) is 15.4. The molecule has 3 rings (SSSR count). The molecule has 0 bridgehead atoms. The third kappa shape index (κ3) is 3.89. The quantitative estimate of drug-likeness (QED) is 0.872. The van der Waals surface area contributed by atoms with Gasteiger partial charge >= 0.3 is 5.97 Å². The highest BCUT2D eigenvalue weighted by molar-refractivity contribution is 5.88. The van der Waals surface area contributed by atoms with Gasteiger partial charge in [-0.05, 0) is 43.2 Å². The largest absolute Gasteiger partial charge is 0.481 e. The zero-order chi connectivity index (χ0) is 18.8. The van der Waals surface area contributed by atoms with E-state index in [4.69, 9.17) is 5.11 Å². The molecule has 0 radical (unpaired) electrons. The molecule has 6 heteroatoms. The summed E-state index contributed by atoms with van der Waals surface area (Å²) in [5.74, 6) is -1.33. The molecule has 1 aromatic rings. The Morgan fingerprint density at radius 2 is 2.00 bits per heavy atom. The lowest BCUT2D eigenvalue weighted by molar-refractivity contribution is -0.147. The molecule has 1 aliphatic heterocycles. The number of likely N-dealkylation sites (N-methyl/N-ethyl adjacent to an activating group) is 1. The summed E-state index contributed by atoms with van der Waals surface area (Å²) in [6.07, 6.45) is 2.12. The number of hydrogen-bond acceptors (Lipinski definition) is 3. The number of nitrogens with zero attached hydrogens (tertiary/aromatic N) is 2. The molecule has 1 saturated heterocycles. The monoisotopic (exact) mass is 358 g/mol. The molecule has 1 aromatic carbocycles. The standard InChI is InChI=1S/C20H26N2O4/c1-13-6-3-4-8-15(13)16-10-17(16)19(24)21(2)12-18(23)22-9-5-7-14(11-22)20(25)26/h3-4,6,8,14,16-17H,5,7,9-12H2,1-2H3,(H,25,26).